The first kappa shape index (κ1) is 17.3. The minimum Gasteiger partial charge on any atom is -0.504 e. The molecule has 0 saturated carbocycles. The summed E-state index contributed by atoms with van der Waals surface area (Å²) in [7, 11) is -0.872. The van der Waals surface area contributed by atoms with E-state index in [1.807, 2.05) is 0 Å². The number of rotatable bonds is 4. The van der Waals surface area contributed by atoms with Gasteiger partial charge in [0.15, 0.2) is 11.5 Å². The van der Waals surface area contributed by atoms with E-state index in [-0.39, 0.29) is 21.4 Å². The highest BCUT2D eigenvalue weighted by atomic mass is 35.5. The molecule has 0 aliphatic rings. The number of aliphatic imine (C=N–C) groups is 1. The first-order valence-electron chi connectivity index (χ1n) is 6.50. The van der Waals surface area contributed by atoms with Gasteiger partial charge in [-0.1, -0.05) is 17.7 Å². The molecule has 0 aliphatic heterocycles. The van der Waals surface area contributed by atoms with Crippen LogP contribution in [0.15, 0.2) is 46.3 Å². The Bertz CT molecular complexity index is 864. The van der Waals surface area contributed by atoms with Gasteiger partial charge in [-0.05, 0) is 30.3 Å². The zero-order chi connectivity index (χ0) is 17.2. The van der Waals surface area contributed by atoms with Crippen LogP contribution in [0.25, 0.3) is 0 Å². The lowest BCUT2D eigenvalue weighted by Crippen LogP contribution is -2.22. The number of hydrogen-bond acceptors (Lipinski definition) is 5. The van der Waals surface area contributed by atoms with E-state index in [1.165, 1.54) is 38.5 Å². The fourth-order valence-corrected chi connectivity index (χ4v) is 3.15. The molecule has 2 aromatic rings. The minimum absolute atomic E-state index is 0.0565. The molecule has 0 unspecified atom stereocenters. The van der Waals surface area contributed by atoms with Crippen molar-refractivity contribution in [1.82, 2.24) is 4.31 Å². The maximum Gasteiger partial charge on any atom is 0.244 e. The standard InChI is InChI=1S/C15H15ClN2O4S/c1-18(2)23(21,22)14-8-11(6-7-12(14)16)17-9-10-4-3-5-13(19)15(10)20/h3-9,19-20H,1-2H3. The second kappa shape index (κ2) is 6.57. The lowest BCUT2D eigenvalue weighted by Gasteiger charge is -2.12. The van der Waals surface area contributed by atoms with Crippen molar-refractivity contribution in [3.05, 3.63) is 47.0 Å². The Kier molecular flexibility index (Phi) is 4.93. The van der Waals surface area contributed by atoms with Gasteiger partial charge in [-0.15, -0.1) is 0 Å². The normalized spacial score (nSPS) is 12.2. The highest BCUT2D eigenvalue weighted by Gasteiger charge is 2.21. The fraction of sp³-hybridized carbons (Fsp3) is 0.133. The molecule has 0 aromatic heterocycles. The summed E-state index contributed by atoms with van der Waals surface area (Å²) in [5.74, 6) is -0.563. The van der Waals surface area contributed by atoms with E-state index in [0.717, 1.165) is 4.31 Å². The molecule has 0 spiro atoms. The van der Waals surface area contributed by atoms with Gasteiger partial charge >= 0.3 is 0 Å². The number of hydrogen-bond donors (Lipinski definition) is 2. The van der Waals surface area contributed by atoms with Crippen LogP contribution in [0.2, 0.25) is 5.02 Å². The largest absolute Gasteiger partial charge is 0.504 e. The average molecular weight is 355 g/mol. The highest BCUT2D eigenvalue weighted by Crippen LogP contribution is 2.30. The van der Waals surface area contributed by atoms with Crippen molar-refractivity contribution in [2.75, 3.05) is 14.1 Å². The molecule has 0 amide bonds. The predicted octanol–water partition coefficient (Wildman–Crippen LogP) is 2.75. The van der Waals surface area contributed by atoms with Crippen LogP contribution in [0.3, 0.4) is 0 Å². The number of benzene rings is 2. The molecule has 2 rings (SSSR count). The SMILES string of the molecule is CN(C)S(=O)(=O)c1cc(N=Cc2cccc(O)c2O)ccc1Cl. The Hall–Kier alpha value is -2.09. The van der Waals surface area contributed by atoms with Gasteiger partial charge in [0.25, 0.3) is 0 Å². The number of para-hydroxylation sites is 1. The molecule has 23 heavy (non-hydrogen) atoms. The van der Waals surface area contributed by atoms with Crippen molar-refractivity contribution in [1.29, 1.82) is 0 Å². The van der Waals surface area contributed by atoms with E-state index >= 15 is 0 Å². The first-order valence-corrected chi connectivity index (χ1v) is 8.32. The third kappa shape index (κ3) is 3.64. The summed E-state index contributed by atoms with van der Waals surface area (Å²) in [6, 6.07) is 8.79. The summed E-state index contributed by atoms with van der Waals surface area (Å²) in [5.41, 5.74) is 0.648. The second-order valence-corrected chi connectivity index (χ2v) is 7.40. The van der Waals surface area contributed by atoms with Crippen molar-refractivity contribution in [3.63, 3.8) is 0 Å². The van der Waals surface area contributed by atoms with Crippen LogP contribution in [0.5, 0.6) is 11.5 Å². The Labute approximate surface area is 139 Å². The Balaban J connectivity index is 2.43. The van der Waals surface area contributed by atoms with Crippen LogP contribution in [0, 0.1) is 0 Å². The zero-order valence-corrected chi connectivity index (χ0v) is 14.0. The second-order valence-electron chi connectivity index (χ2n) is 4.88. The van der Waals surface area contributed by atoms with Gasteiger partial charge in [-0.2, -0.15) is 0 Å². The lowest BCUT2D eigenvalue weighted by atomic mass is 10.2. The smallest absolute Gasteiger partial charge is 0.244 e. The number of phenols is 2. The molecule has 122 valence electrons. The van der Waals surface area contributed by atoms with Crippen molar-refractivity contribution in [2.45, 2.75) is 4.90 Å². The van der Waals surface area contributed by atoms with Gasteiger partial charge in [0, 0.05) is 25.9 Å². The molecule has 0 fully saturated rings. The summed E-state index contributed by atoms with van der Waals surface area (Å²) >= 11 is 5.96. The lowest BCUT2D eigenvalue weighted by molar-refractivity contribution is 0.403. The quantitative estimate of drug-likeness (QED) is 0.652. The van der Waals surface area contributed by atoms with Crippen LogP contribution in [0.1, 0.15) is 5.56 Å². The van der Waals surface area contributed by atoms with Gasteiger partial charge in [-0.3, -0.25) is 4.99 Å². The number of halogens is 1. The monoisotopic (exact) mass is 354 g/mol. The number of sulfonamides is 1. The predicted molar refractivity (Wildman–Crippen MR) is 89.4 cm³/mol. The third-order valence-corrected chi connectivity index (χ3v) is 5.37. The van der Waals surface area contributed by atoms with Crippen molar-refractivity contribution >= 4 is 33.5 Å². The van der Waals surface area contributed by atoms with Gasteiger partial charge in [0.05, 0.1) is 10.7 Å². The molecular weight excluding hydrogens is 340 g/mol. The molecule has 0 radical (unpaired) electrons. The van der Waals surface area contributed by atoms with Crippen LogP contribution in [-0.4, -0.2) is 43.2 Å². The Morgan fingerprint density at radius 3 is 2.52 bits per heavy atom. The molecule has 2 aromatic carbocycles. The summed E-state index contributed by atoms with van der Waals surface area (Å²) in [4.78, 5) is 4.06. The molecule has 0 atom stereocenters. The van der Waals surface area contributed by atoms with E-state index < -0.39 is 10.0 Å². The zero-order valence-electron chi connectivity index (χ0n) is 12.4. The van der Waals surface area contributed by atoms with E-state index in [9.17, 15) is 18.6 Å². The molecular formula is C15H15ClN2O4S. The maximum absolute atomic E-state index is 12.2. The van der Waals surface area contributed by atoms with Gasteiger partial charge in [-0.25, -0.2) is 12.7 Å². The number of phenolic OH excluding ortho intramolecular Hbond substituents is 2. The minimum atomic E-state index is -3.69. The Morgan fingerprint density at radius 1 is 1.17 bits per heavy atom. The third-order valence-electron chi connectivity index (χ3n) is 3.07. The average Bonchev–Trinajstić information content (AvgIpc) is 2.49. The van der Waals surface area contributed by atoms with E-state index in [1.54, 1.807) is 18.2 Å². The summed E-state index contributed by atoms with van der Waals surface area (Å²) in [6.45, 7) is 0. The molecule has 6 nitrogen and oxygen atoms in total. The molecule has 0 bridgehead atoms. The molecule has 2 N–H and O–H groups in total. The fourth-order valence-electron chi connectivity index (χ4n) is 1.76. The van der Waals surface area contributed by atoms with Crippen molar-refractivity contribution < 1.29 is 18.6 Å². The van der Waals surface area contributed by atoms with Crippen molar-refractivity contribution in [3.8, 4) is 11.5 Å². The molecule has 0 aliphatic carbocycles. The van der Waals surface area contributed by atoms with E-state index in [4.69, 9.17) is 11.6 Å². The summed E-state index contributed by atoms with van der Waals surface area (Å²) in [5, 5.41) is 19.2. The van der Waals surface area contributed by atoms with Crippen LogP contribution in [0.4, 0.5) is 5.69 Å². The van der Waals surface area contributed by atoms with E-state index in [2.05, 4.69) is 4.99 Å². The molecule has 8 heteroatoms. The Morgan fingerprint density at radius 2 is 1.87 bits per heavy atom. The molecule has 0 heterocycles. The summed E-state index contributed by atoms with van der Waals surface area (Å²) in [6.07, 6.45) is 1.32. The number of aromatic hydroxyl groups is 2. The van der Waals surface area contributed by atoms with Gasteiger partial charge in [0.1, 0.15) is 4.90 Å². The van der Waals surface area contributed by atoms with Gasteiger partial charge in [0.2, 0.25) is 10.0 Å². The molecule has 0 saturated heterocycles. The summed E-state index contributed by atoms with van der Waals surface area (Å²) < 4.78 is 25.4. The van der Waals surface area contributed by atoms with Crippen molar-refractivity contribution in [2.24, 2.45) is 4.99 Å². The maximum atomic E-state index is 12.2. The topological polar surface area (TPSA) is 90.2 Å². The van der Waals surface area contributed by atoms with E-state index in [0.29, 0.717) is 11.3 Å². The van der Waals surface area contributed by atoms with Crippen LogP contribution in [-0.2, 0) is 10.0 Å². The first-order chi connectivity index (χ1) is 10.7. The highest BCUT2D eigenvalue weighted by molar-refractivity contribution is 7.89. The number of nitrogens with zero attached hydrogens (tertiary/aromatic N) is 2. The van der Waals surface area contributed by atoms with Gasteiger partial charge < -0.3 is 10.2 Å². The van der Waals surface area contributed by atoms with Crippen LogP contribution >= 0.6 is 11.6 Å². The van der Waals surface area contributed by atoms with Crippen LogP contribution < -0.4 is 0 Å².